The lowest BCUT2D eigenvalue weighted by Gasteiger charge is -2.30. The largest absolute Gasteiger partial charge is 0.481 e. The van der Waals surface area contributed by atoms with Crippen LogP contribution >= 0.6 is 11.8 Å². The second-order valence-electron chi connectivity index (χ2n) is 7.05. The van der Waals surface area contributed by atoms with E-state index < -0.39 is 5.97 Å². The van der Waals surface area contributed by atoms with Crippen LogP contribution in [0.2, 0.25) is 0 Å². The standard InChI is InChI=1S/C19H27N3O3S/c23-18(14-22-6-2-4-16(13-22)19(24)25)20-17-5-1-3-15(11-17)12-21-7-9-26-10-8-21/h1,3,5,11,16H,2,4,6-10,12-14H2,(H,20,23)(H,24,25). The molecule has 6 nitrogen and oxygen atoms in total. The lowest BCUT2D eigenvalue weighted by atomic mass is 9.98. The average Bonchev–Trinajstić information content (AvgIpc) is 2.63. The summed E-state index contributed by atoms with van der Waals surface area (Å²) in [6.45, 7) is 4.62. The molecule has 1 amide bonds. The fraction of sp³-hybridized carbons (Fsp3) is 0.579. The molecule has 0 bridgehead atoms. The van der Waals surface area contributed by atoms with Gasteiger partial charge in [0.1, 0.15) is 0 Å². The quantitative estimate of drug-likeness (QED) is 0.790. The summed E-state index contributed by atoms with van der Waals surface area (Å²) in [6, 6.07) is 8.02. The minimum Gasteiger partial charge on any atom is -0.481 e. The van der Waals surface area contributed by atoms with E-state index in [4.69, 9.17) is 5.11 Å². The van der Waals surface area contributed by atoms with Crippen molar-refractivity contribution in [3.05, 3.63) is 29.8 Å². The van der Waals surface area contributed by atoms with Gasteiger partial charge < -0.3 is 10.4 Å². The molecule has 142 valence electrons. The number of hydrogen-bond donors (Lipinski definition) is 2. The fourth-order valence-electron chi connectivity index (χ4n) is 3.57. The van der Waals surface area contributed by atoms with Crippen LogP contribution in [-0.2, 0) is 16.1 Å². The van der Waals surface area contributed by atoms with E-state index in [1.54, 1.807) is 0 Å². The Morgan fingerprint density at radius 3 is 2.77 bits per heavy atom. The van der Waals surface area contributed by atoms with Crippen LogP contribution in [0.15, 0.2) is 24.3 Å². The molecule has 2 heterocycles. The lowest BCUT2D eigenvalue weighted by molar-refractivity contribution is -0.144. The molecule has 0 aromatic heterocycles. The highest BCUT2D eigenvalue weighted by Crippen LogP contribution is 2.18. The van der Waals surface area contributed by atoms with E-state index >= 15 is 0 Å². The molecule has 0 spiro atoms. The molecule has 7 heteroatoms. The predicted octanol–water partition coefficient (Wildman–Crippen LogP) is 1.97. The van der Waals surface area contributed by atoms with Crippen molar-refractivity contribution in [1.82, 2.24) is 9.80 Å². The molecule has 0 aliphatic carbocycles. The van der Waals surface area contributed by atoms with Gasteiger partial charge in [0, 0.05) is 43.4 Å². The molecule has 2 saturated heterocycles. The molecule has 26 heavy (non-hydrogen) atoms. The highest BCUT2D eigenvalue weighted by molar-refractivity contribution is 7.99. The van der Waals surface area contributed by atoms with Crippen LogP contribution in [0.3, 0.4) is 0 Å². The van der Waals surface area contributed by atoms with E-state index in [-0.39, 0.29) is 18.4 Å². The number of carbonyl (C=O) groups excluding carboxylic acids is 1. The smallest absolute Gasteiger partial charge is 0.307 e. The van der Waals surface area contributed by atoms with E-state index in [9.17, 15) is 9.59 Å². The number of aliphatic carboxylic acids is 1. The molecule has 0 radical (unpaired) electrons. The Bertz CT molecular complexity index is 634. The molecule has 1 unspecified atom stereocenters. The van der Waals surface area contributed by atoms with Gasteiger partial charge in [0.2, 0.25) is 5.91 Å². The van der Waals surface area contributed by atoms with Crippen LogP contribution in [0.25, 0.3) is 0 Å². The summed E-state index contributed by atoms with van der Waals surface area (Å²) in [5.74, 6) is 1.16. The number of carboxylic acids is 1. The summed E-state index contributed by atoms with van der Waals surface area (Å²) >= 11 is 2.00. The van der Waals surface area contributed by atoms with Crippen molar-refractivity contribution in [3.8, 4) is 0 Å². The van der Waals surface area contributed by atoms with Gasteiger partial charge in [-0.05, 0) is 37.1 Å². The maximum Gasteiger partial charge on any atom is 0.307 e. The first-order valence-corrected chi connectivity index (χ1v) is 10.4. The van der Waals surface area contributed by atoms with Crippen molar-refractivity contribution in [3.63, 3.8) is 0 Å². The Balaban J connectivity index is 1.50. The minimum absolute atomic E-state index is 0.0810. The molecule has 3 rings (SSSR count). The molecule has 2 aliphatic heterocycles. The first-order chi connectivity index (χ1) is 12.6. The molecule has 0 saturated carbocycles. The molecular weight excluding hydrogens is 350 g/mol. The van der Waals surface area contributed by atoms with E-state index in [2.05, 4.69) is 16.3 Å². The van der Waals surface area contributed by atoms with E-state index in [1.165, 1.54) is 17.1 Å². The number of likely N-dealkylation sites (tertiary alicyclic amines) is 1. The number of thioether (sulfide) groups is 1. The highest BCUT2D eigenvalue weighted by atomic mass is 32.2. The van der Waals surface area contributed by atoms with Crippen molar-refractivity contribution in [1.29, 1.82) is 0 Å². The summed E-state index contributed by atoms with van der Waals surface area (Å²) in [4.78, 5) is 27.9. The Labute approximate surface area is 158 Å². The second-order valence-corrected chi connectivity index (χ2v) is 8.27. The van der Waals surface area contributed by atoms with Crippen LogP contribution < -0.4 is 5.32 Å². The number of benzene rings is 1. The highest BCUT2D eigenvalue weighted by Gasteiger charge is 2.26. The molecule has 2 N–H and O–H groups in total. The molecule has 1 atom stereocenters. The maximum absolute atomic E-state index is 12.3. The maximum atomic E-state index is 12.3. The summed E-state index contributed by atoms with van der Waals surface area (Å²) in [5, 5.41) is 12.1. The van der Waals surface area contributed by atoms with Gasteiger partial charge in [0.15, 0.2) is 0 Å². The Hall–Kier alpha value is -1.57. The summed E-state index contributed by atoms with van der Waals surface area (Å²) in [7, 11) is 0. The van der Waals surface area contributed by atoms with Gasteiger partial charge in [-0.3, -0.25) is 19.4 Å². The number of anilines is 1. The number of nitrogens with one attached hydrogen (secondary N) is 1. The molecule has 2 aliphatic rings. The first-order valence-electron chi connectivity index (χ1n) is 9.24. The van der Waals surface area contributed by atoms with Gasteiger partial charge in [-0.2, -0.15) is 11.8 Å². The molecule has 1 aromatic rings. The number of carbonyl (C=O) groups is 2. The van der Waals surface area contributed by atoms with Crippen molar-refractivity contribution in [2.24, 2.45) is 5.92 Å². The van der Waals surface area contributed by atoms with Crippen molar-refractivity contribution in [2.75, 3.05) is 49.5 Å². The third kappa shape index (κ3) is 5.72. The Morgan fingerprint density at radius 1 is 1.19 bits per heavy atom. The number of nitrogens with zero attached hydrogens (tertiary/aromatic N) is 2. The van der Waals surface area contributed by atoms with Crippen molar-refractivity contribution >= 4 is 29.3 Å². The normalized spacial score (nSPS) is 22.1. The van der Waals surface area contributed by atoms with Crippen LogP contribution in [0.1, 0.15) is 18.4 Å². The van der Waals surface area contributed by atoms with Crippen LogP contribution in [-0.4, -0.2) is 71.0 Å². The number of piperidine rings is 1. The fourth-order valence-corrected chi connectivity index (χ4v) is 4.55. The van der Waals surface area contributed by atoms with Gasteiger partial charge in [-0.15, -0.1) is 0 Å². The third-order valence-corrected chi connectivity index (χ3v) is 5.89. The zero-order valence-corrected chi connectivity index (χ0v) is 15.8. The second kappa shape index (κ2) is 9.39. The van der Waals surface area contributed by atoms with E-state index in [0.717, 1.165) is 38.3 Å². The molecular formula is C19H27N3O3S. The Morgan fingerprint density at radius 2 is 2.00 bits per heavy atom. The number of hydrogen-bond acceptors (Lipinski definition) is 5. The third-order valence-electron chi connectivity index (χ3n) is 4.94. The first kappa shape index (κ1) is 19.2. The number of carboxylic acid groups (broad SMARTS) is 1. The number of rotatable bonds is 6. The Kier molecular flexibility index (Phi) is 6.93. The summed E-state index contributed by atoms with van der Waals surface area (Å²) in [6.07, 6.45) is 1.53. The molecule has 1 aromatic carbocycles. The summed E-state index contributed by atoms with van der Waals surface area (Å²) < 4.78 is 0. The zero-order chi connectivity index (χ0) is 18.4. The van der Waals surface area contributed by atoms with Crippen LogP contribution in [0, 0.1) is 5.92 Å². The topological polar surface area (TPSA) is 72.9 Å². The van der Waals surface area contributed by atoms with Gasteiger partial charge >= 0.3 is 5.97 Å². The average molecular weight is 378 g/mol. The predicted molar refractivity (Wildman–Crippen MR) is 104 cm³/mol. The van der Waals surface area contributed by atoms with Gasteiger partial charge in [-0.1, -0.05) is 12.1 Å². The number of amides is 1. The van der Waals surface area contributed by atoms with Crippen molar-refractivity contribution < 1.29 is 14.7 Å². The monoisotopic (exact) mass is 377 g/mol. The zero-order valence-electron chi connectivity index (χ0n) is 15.0. The minimum atomic E-state index is -0.765. The van der Waals surface area contributed by atoms with Gasteiger partial charge in [0.25, 0.3) is 0 Å². The van der Waals surface area contributed by atoms with Gasteiger partial charge in [0.05, 0.1) is 12.5 Å². The van der Waals surface area contributed by atoms with E-state index in [0.29, 0.717) is 13.0 Å². The van der Waals surface area contributed by atoms with E-state index in [1.807, 2.05) is 34.9 Å². The molecule has 2 fully saturated rings. The summed E-state index contributed by atoms with van der Waals surface area (Å²) in [5.41, 5.74) is 2.02. The SMILES string of the molecule is O=C(CN1CCCC(C(=O)O)C1)Nc1cccc(CN2CCSCC2)c1. The lowest BCUT2D eigenvalue weighted by Crippen LogP contribution is -2.42. The van der Waals surface area contributed by atoms with Gasteiger partial charge in [-0.25, -0.2) is 0 Å². The van der Waals surface area contributed by atoms with Crippen LogP contribution in [0.4, 0.5) is 5.69 Å². The van der Waals surface area contributed by atoms with Crippen LogP contribution in [0.5, 0.6) is 0 Å². The van der Waals surface area contributed by atoms with Crippen molar-refractivity contribution in [2.45, 2.75) is 19.4 Å².